The summed E-state index contributed by atoms with van der Waals surface area (Å²) in [5, 5.41) is 0. The van der Waals surface area contributed by atoms with Gasteiger partial charge < -0.3 is 4.98 Å². The minimum absolute atomic E-state index is 0.00839. The standard InChI is InChI=1S/C17H20N2O/c1-3-14-12(2)15(20)19-16(18-14)17(10-7-11-17)13-8-5-4-6-9-13/h4-6,8-9H,3,7,10-11H2,1-2H3,(H,18,19,20). The first kappa shape index (κ1) is 13.1. The molecule has 0 aliphatic heterocycles. The van der Waals surface area contributed by atoms with Gasteiger partial charge in [-0.15, -0.1) is 0 Å². The van der Waals surface area contributed by atoms with Crippen LogP contribution in [0.15, 0.2) is 35.1 Å². The van der Waals surface area contributed by atoms with E-state index in [-0.39, 0.29) is 11.0 Å². The van der Waals surface area contributed by atoms with Crippen LogP contribution >= 0.6 is 0 Å². The van der Waals surface area contributed by atoms with Gasteiger partial charge in [-0.05, 0) is 31.7 Å². The maximum atomic E-state index is 12.1. The molecule has 0 saturated heterocycles. The topological polar surface area (TPSA) is 45.8 Å². The molecule has 1 aromatic heterocycles. The summed E-state index contributed by atoms with van der Waals surface area (Å²) >= 11 is 0. The van der Waals surface area contributed by atoms with Crippen LogP contribution in [-0.2, 0) is 11.8 Å². The molecule has 0 amide bonds. The van der Waals surface area contributed by atoms with Crippen LogP contribution in [0.4, 0.5) is 0 Å². The Hall–Kier alpha value is -1.90. The minimum Gasteiger partial charge on any atom is -0.310 e. The smallest absolute Gasteiger partial charge is 0.254 e. The van der Waals surface area contributed by atoms with Gasteiger partial charge in [-0.1, -0.05) is 43.7 Å². The Balaban J connectivity index is 2.16. The van der Waals surface area contributed by atoms with E-state index in [1.54, 1.807) is 0 Å². The van der Waals surface area contributed by atoms with Crippen molar-refractivity contribution in [2.24, 2.45) is 0 Å². The molecule has 104 valence electrons. The minimum atomic E-state index is -0.0853. The molecular weight excluding hydrogens is 248 g/mol. The van der Waals surface area contributed by atoms with Gasteiger partial charge in [-0.25, -0.2) is 4.98 Å². The summed E-state index contributed by atoms with van der Waals surface area (Å²) in [6.45, 7) is 3.90. The monoisotopic (exact) mass is 268 g/mol. The maximum Gasteiger partial charge on any atom is 0.254 e. The van der Waals surface area contributed by atoms with Crippen molar-refractivity contribution in [3.63, 3.8) is 0 Å². The van der Waals surface area contributed by atoms with Crippen molar-refractivity contribution < 1.29 is 0 Å². The summed E-state index contributed by atoms with van der Waals surface area (Å²) in [6.07, 6.45) is 4.11. The van der Waals surface area contributed by atoms with Crippen LogP contribution in [0, 0.1) is 6.92 Å². The highest BCUT2D eigenvalue weighted by Crippen LogP contribution is 2.47. The SMILES string of the molecule is CCc1nc(C2(c3ccccc3)CCC2)[nH]c(=O)c1C. The lowest BCUT2D eigenvalue weighted by Gasteiger charge is -2.41. The highest BCUT2D eigenvalue weighted by Gasteiger charge is 2.42. The molecule has 0 unspecified atom stereocenters. The number of benzene rings is 1. The first-order valence-electron chi connectivity index (χ1n) is 7.33. The van der Waals surface area contributed by atoms with E-state index in [9.17, 15) is 4.79 Å². The molecule has 1 saturated carbocycles. The van der Waals surface area contributed by atoms with E-state index in [1.165, 1.54) is 12.0 Å². The van der Waals surface area contributed by atoms with Crippen molar-refractivity contribution in [1.29, 1.82) is 0 Å². The highest BCUT2D eigenvalue weighted by molar-refractivity contribution is 5.36. The lowest BCUT2D eigenvalue weighted by atomic mass is 9.64. The molecule has 0 spiro atoms. The van der Waals surface area contributed by atoms with Gasteiger partial charge in [0.05, 0.1) is 11.1 Å². The lowest BCUT2D eigenvalue weighted by Crippen LogP contribution is -2.39. The van der Waals surface area contributed by atoms with E-state index in [0.717, 1.165) is 36.3 Å². The van der Waals surface area contributed by atoms with Gasteiger partial charge in [0.1, 0.15) is 5.82 Å². The number of nitrogens with one attached hydrogen (secondary N) is 1. The van der Waals surface area contributed by atoms with E-state index >= 15 is 0 Å². The van der Waals surface area contributed by atoms with Crippen LogP contribution in [-0.4, -0.2) is 9.97 Å². The fourth-order valence-electron chi connectivity index (χ4n) is 3.10. The zero-order chi connectivity index (χ0) is 14.2. The van der Waals surface area contributed by atoms with Gasteiger partial charge in [-0.3, -0.25) is 4.79 Å². The molecule has 1 N–H and O–H groups in total. The molecule has 3 rings (SSSR count). The molecule has 3 heteroatoms. The van der Waals surface area contributed by atoms with Gasteiger partial charge in [-0.2, -0.15) is 0 Å². The number of H-pyrrole nitrogens is 1. The fraction of sp³-hybridized carbons (Fsp3) is 0.412. The summed E-state index contributed by atoms with van der Waals surface area (Å²) < 4.78 is 0. The summed E-state index contributed by atoms with van der Waals surface area (Å²) in [7, 11) is 0. The zero-order valence-electron chi connectivity index (χ0n) is 12.1. The molecule has 2 aromatic rings. The molecular formula is C17H20N2O. The van der Waals surface area contributed by atoms with Crippen molar-refractivity contribution in [2.75, 3.05) is 0 Å². The molecule has 1 aliphatic rings. The van der Waals surface area contributed by atoms with E-state index in [4.69, 9.17) is 4.98 Å². The number of nitrogens with zero attached hydrogens (tertiary/aromatic N) is 1. The van der Waals surface area contributed by atoms with Crippen LogP contribution < -0.4 is 5.56 Å². The van der Waals surface area contributed by atoms with Crippen LogP contribution in [0.2, 0.25) is 0 Å². The zero-order valence-corrected chi connectivity index (χ0v) is 12.1. The Morgan fingerprint density at radius 2 is 1.95 bits per heavy atom. The molecule has 1 fully saturated rings. The van der Waals surface area contributed by atoms with E-state index in [2.05, 4.69) is 36.2 Å². The van der Waals surface area contributed by atoms with E-state index < -0.39 is 0 Å². The number of hydrogen-bond acceptors (Lipinski definition) is 2. The van der Waals surface area contributed by atoms with Crippen molar-refractivity contribution in [2.45, 2.75) is 44.9 Å². The largest absolute Gasteiger partial charge is 0.310 e. The third-order valence-corrected chi connectivity index (χ3v) is 4.57. The molecule has 1 heterocycles. The summed E-state index contributed by atoms with van der Waals surface area (Å²) in [5.41, 5.74) is 2.86. The second-order valence-electron chi connectivity index (χ2n) is 5.64. The lowest BCUT2D eigenvalue weighted by molar-refractivity contribution is 0.283. The molecule has 3 nitrogen and oxygen atoms in total. The van der Waals surface area contributed by atoms with Crippen molar-refractivity contribution >= 4 is 0 Å². The normalized spacial score (nSPS) is 16.7. The third kappa shape index (κ3) is 1.89. The second-order valence-corrected chi connectivity index (χ2v) is 5.64. The van der Waals surface area contributed by atoms with Crippen LogP contribution in [0.5, 0.6) is 0 Å². The van der Waals surface area contributed by atoms with E-state index in [1.807, 2.05) is 13.0 Å². The Morgan fingerprint density at radius 3 is 2.50 bits per heavy atom. The number of aromatic amines is 1. The number of hydrogen-bond donors (Lipinski definition) is 1. The van der Waals surface area contributed by atoms with Crippen molar-refractivity contribution in [3.05, 3.63) is 63.3 Å². The van der Waals surface area contributed by atoms with Gasteiger partial charge in [0, 0.05) is 5.56 Å². The van der Waals surface area contributed by atoms with E-state index in [0.29, 0.717) is 0 Å². The molecule has 20 heavy (non-hydrogen) atoms. The van der Waals surface area contributed by atoms with Crippen LogP contribution in [0.25, 0.3) is 0 Å². The Morgan fingerprint density at radius 1 is 1.25 bits per heavy atom. The van der Waals surface area contributed by atoms with Crippen LogP contribution in [0.3, 0.4) is 0 Å². The summed E-state index contributed by atoms with van der Waals surface area (Å²) in [4.78, 5) is 19.9. The van der Waals surface area contributed by atoms with Gasteiger partial charge >= 0.3 is 0 Å². The highest BCUT2D eigenvalue weighted by atomic mass is 16.1. The predicted molar refractivity (Wildman–Crippen MR) is 80.0 cm³/mol. The molecule has 1 aromatic carbocycles. The summed E-state index contributed by atoms with van der Waals surface area (Å²) in [6, 6.07) is 10.4. The molecule has 1 aliphatic carbocycles. The van der Waals surface area contributed by atoms with Gasteiger partial charge in [0.15, 0.2) is 0 Å². The number of rotatable bonds is 3. The maximum absolute atomic E-state index is 12.1. The molecule has 0 atom stereocenters. The molecule has 0 bridgehead atoms. The quantitative estimate of drug-likeness (QED) is 0.929. The second kappa shape index (κ2) is 4.89. The average molecular weight is 268 g/mol. The Labute approximate surface area is 119 Å². The Kier molecular flexibility index (Phi) is 3.20. The first-order chi connectivity index (χ1) is 9.67. The van der Waals surface area contributed by atoms with Gasteiger partial charge in [0.25, 0.3) is 5.56 Å². The van der Waals surface area contributed by atoms with Crippen molar-refractivity contribution in [1.82, 2.24) is 9.97 Å². The average Bonchev–Trinajstić information content (AvgIpc) is 2.42. The molecule has 0 radical (unpaired) electrons. The Bertz CT molecular complexity index is 669. The fourth-order valence-corrected chi connectivity index (χ4v) is 3.10. The first-order valence-corrected chi connectivity index (χ1v) is 7.33. The predicted octanol–water partition coefficient (Wildman–Crippen LogP) is 3.11. The van der Waals surface area contributed by atoms with Gasteiger partial charge in [0.2, 0.25) is 0 Å². The summed E-state index contributed by atoms with van der Waals surface area (Å²) in [5.74, 6) is 0.849. The third-order valence-electron chi connectivity index (χ3n) is 4.57. The van der Waals surface area contributed by atoms with Crippen LogP contribution in [0.1, 0.15) is 48.8 Å². The number of aryl methyl sites for hydroxylation is 1. The number of aromatic nitrogens is 2. The van der Waals surface area contributed by atoms with Crippen molar-refractivity contribution in [3.8, 4) is 0 Å².